The lowest BCUT2D eigenvalue weighted by molar-refractivity contribution is -0.0180. The Morgan fingerprint density at radius 3 is 2.83 bits per heavy atom. The van der Waals surface area contributed by atoms with Crippen LogP contribution in [0.25, 0.3) is 0 Å². The Morgan fingerprint density at radius 2 is 2.28 bits per heavy atom. The molecule has 0 unspecified atom stereocenters. The highest BCUT2D eigenvalue weighted by molar-refractivity contribution is 4.98. The van der Waals surface area contributed by atoms with Gasteiger partial charge in [-0.1, -0.05) is 24.9 Å². The molecule has 18 heavy (non-hydrogen) atoms. The Labute approximate surface area is 104 Å². The minimum Gasteiger partial charge on any atom is -0.389 e. The van der Waals surface area contributed by atoms with Crippen LogP contribution in [0.15, 0.2) is 4.52 Å². The van der Waals surface area contributed by atoms with Gasteiger partial charge in [-0.15, -0.1) is 0 Å². The summed E-state index contributed by atoms with van der Waals surface area (Å²) in [6.07, 6.45) is 3.47. The fourth-order valence-corrected chi connectivity index (χ4v) is 2.58. The van der Waals surface area contributed by atoms with Gasteiger partial charge in [-0.3, -0.25) is 0 Å². The molecule has 6 heteroatoms. The first-order valence-electron chi connectivity index (χ1n) is 6.22. The van der Waals surface area contributed by atoms with Crippen LogP contribution < -0.4 is 0 Å². The van der Waals surface area contributed by atoms with Gasteiger partial charge in [0.25, 0.3) is 0 Å². The van der Waals surface area contributed by atoms with Gasteiger partial charge in [0.1, 0.15) is 0 Å². The maximum absolute atomic E-state index is 13.0. The smallest absolute Gasteiger partial charge is 0.307 e. The van der Waals surface area contributed by atoms with Gasteiger partial charge in [0, 0.05) is 6.92 Å². The van der Waals surface area contributed by atoms with Crippen LogP contribution >= 0.6 is 0 Å². The standard InChI is InChI=1S/C12H18F2N2O2/c1-8-4-3-5-12(17,6-8)7-9-15-10(16-18-9)11(2,13)14/h8,17H,3-7H2,1-2H3/t8-,12+/m1/s1. The van der Waals surface area contributed by atoms with E-state index in [2.05, 4.69) is 17.1 Å². The summed E-state index contributed by atoms with van der Waals surface area (Å²) < 4.78 is 30.7. The van der Waals surface area contributed by atoms with Crippen molar-refractivity contribution in [1.82, 2.24) is 10.1 Å². The first-order chi connectivity index (χ1) is 8.28. The van der Waals surface area contributed by atoms with Gasteiger partial charge in [0.2, 0.25) is 11.7 Å². The monoisotopic (exact) mass is 260 g/mol. The van der Waals surface area contributed by atoms with Gasteiger partial charge in [-0.2, -0.15) is 13.8 Å². The second-order valence-electron chi connectivity index (χ2n) is 5.50. The molecular weight excluding hydrogens is 242 g/mol. The molecule has 1 saturated carbocycles. The Kier molecular flexibility index (Phi) is 3.40. The average molecular weight is 260 g/mol. The molecule has 1 aliphatic carbocycles. The van der Waals surface area contributed by atoms with Gasteiger partial charge in [0.05, 0.1) is 12.0 Å². The van der Waals surface area contributed by atoms with Gasteiger partial charge in [0.15, 0.2) is 0 Å². The van der Waals surface area contributed by atoms with E-state index < -0.39 is 17.3 Å². The molecule has 0 radical (unpaired) electrons. The second kappa shape index (κ2) is 4.57. The Hall–Kier alpha value is -1.04. The summed E-state index contributed by atoms with van der Waals surface area (Å²) >= 11 is 0. The average Bonchev–Trinajstić information content (AvgIpc) is 2.64. The Balaban J connectivity index is 2.07. The molecule has 102 valence electrons. The molecule has 0 saturated heterocycles. The molecule has 4 nitrogen and oxygen atoms in total. The van der Waals surface area contributed by atoms with Crippen molar-refractivity contribution in [3.63, 3.8) is 0 Å². The zero-order valence-corrected chi connectivity index (χ0v) is 10.6. The lowest BCUT2D eigenvalue weighted by Gasteiger charge is -2.34. The van der Waals surface area contributed by atoms with Crippen molar-refractivity contribution < 1.29 is 18.4 Å². The van der Waals surface area contributed by atoms with Crippen LogP contribution in [0.2, 0.25) is 0 Å². The third-order valence-corrected chi connectivity index (χ3v) is 3.41. The second-order valence-corrected chi connectivity index (χ2v) is 5.50. The predicted molar refractivity (Wildman–Crippen MR) is 60.2 cm³/mol. The summed E-state index contributed by atoms with van der Waals surface area (Å²) in [7, 11) is 0. The van der Waals surface area contributed by atoms with E-state index in [-0.39, 0.29) is 12.3 Å². The number of alkyl halides is 2. The zero-order valence-electron chi connectivity index (χ0n) is 10.6. The zero-order chi connectivity index (χ0) is 13.4. The van der Waals surface area contributed by atoms with Crippen LogP contribution in [0, 0.1) is 5.92 Å². The van der Waals surface area contributed by atoms with Gasteiger partial charge >= 0.3 is 5.92 Å². The topological polar surface area (TPSA) is 59.2 Å². The number of halogens is 2. The SMILES string of the molecule is C[C@@H]1CCC[C@@](O)(Cc2nc(C(C)(F)F)no2)C1. The van der Waals surface area contributed by atoms with Crippen molar-refractivity contribution in [2.24, 2.45) is 5.92 Å². The Morgan fingerprint density at radius 1 is 1.56 bits per heavy atom. The third-order valence-electron chi connectivity index (χ3n) is 3.41. The molecular formula is C12H18F2N2O2. The molecule has 1 aromatic heterocycles. The number of hydrogen-bond donors (Lipinski definition) is 1. The quantitative estimate of drug-likeness (QED) is 0.907. The van der Waals surface area contributed by atoms with Crippen molar-refractivity contribution >= 4 is 0 Å². The van der Waals surface area contributed by atoms with E-state index in [1.54, 1.807) is 0 Å². The van der Waals surface area contributed by atoms with Crippen molar-refractivity contribution in [2.45, 2.75) is 57.5 Å². The summed E-state index contributed by atoms with van der Waals surface area (Å²) in [5.41, 5.74) is -0.898. The number of nitrogens with zero attached hydrogens (tertiary/aromatic N) is 2. The molecule has 1 fully saturated rings. The van der Waals surface area contributed by atoms with E-state index in [0.29, 0.717) is 18.8 Å². The van der Waals surface area contributed by atoms with Crippen LogP contribution in [-0.4, -0.2) is 20.8 Å². The molecule has 1 N–H and O–H groups in total. The lowest BCUT2D eigenvalue weighted by atomic mass is 9.77. The highest BCUT2D eigenvalue weighted by Gasteiger charge is 2.36. The summed E-state index contributed by atoms with van der Waals surface area (Å²) in [6.45, 7) is 2.79. The molecule has 1 aromatic rings. The predicted octanol–water partition coefficient (Wildman–Crippen LogP) is 2.67. The molecule has 0 aromatic carbocycles. The van der Waals surface area contributed by atoms with Gasteiger partial charge < -0.3 is 9.63 Å². The minimum atomic E-state index is -3.11. The molecule has 0 amide bonds. The highest BCUT2D eigenvalue weighted by Crippen LogP contribution is 2.34. The first kappa shape index (κ1) is 13.4. The van der Waals surface area contributed by atoms with Crippen molar-refractivity contribution in [3.05, 3.63) is 11.7 Å². The van der Waals surface area contributed by atoms with E-state index >= 15 is 0 Å². The summed E-state index contributed by atoms with van der Waals surface area (Å²) in [6, 6.07) is 0. The summed E-state index contributed by atoms with van der Waals surface area (Å²) in [5.74, 6) is -3.21. The number of hydrogen-bond acceptors (Lipinski definition) is 4. The van der Waals surface area contributed by atoms with Gasteiger partial charge in [-0.25, -0.2) is 0 Å². The van der Waals surface area contributed by atoms with E-state index in [1.807, 2.05) is 0 Å². The maximum atomic E-state index is 13.0. The van der Waals surface area contributed by atoms with Crippen LogP contribution in [0.1, 0.15) is 51.2 Å². The molecule has 1 heterocycles. The fourth-order valence-electron chi connectivity index (χ4n) is 2.58. The first-order valence-corrected chi connectivity index (χ1v) is 6.22. The van der Waals surface area contributed by atoms with Crippen LogP contribution in [-0.2, 0) is 12.3 Å². The maximum Gasteiger partial charge on any atom is 0.307 e. The summed E-state index contributed by atoms with van der Waals surface area (Å²) in [5, 5.41) is 13.6. The number of aliphatic hydroxyl groups is 1. The van der Waals surface area contributed by atoms with Crippen LogP contribution in [0.3, 0.4) is 0 Å². The van der Waals surface area contributed by atoms with E-state index in [1.165, 1.54) is 0 Å². The normalized spacial score (nSPS) is 29.5. The molecule has 2 atom stereocenters. The van der Waals surface area contributed by atoms with E-state index in [0.717, 1.165) is 19.8 Å². The molecule has 0 bridgehead atoms. The van der Waals surface area contributed by atoms with Crippen LogP contribution in [0.5, 0.6) is 0 Å². The third kappa shape index (κ3) is 3.04. The lowest BCUT2D eigenvalue weighted by Crippen LogP contribution is -2.36. The van der Waals surface area contributed by atoms with Crippen molar-refractivity contribution in [3.8, 4) is 0 Å². The van der Waals surface area contributed by atoms with E-state index in [4.69, 9.17) is 4.52 Å². The Bertz CT molecular complexity index is 416. The van der Waals surface area contributed by atoms with E-state index in [9.17, 15) is 13.9 Å². The van der Waals surface area contributed by atoms with Gasteiger partial charge in [-0.05, 0) is 18.8 Å². The van der Waals surface area contributed by atoms with Crippen LogP contribution in [0.4, 0.5) is 8.78 Å². The minimum absolute atomic E-state index is 0.0862. The molecule has 0 aliphatic heterocycles. The number of aromatic nitrogens is 2. The summed E-state index contributed by atoms with van der Waals surface area (Å²) in [4.78, 5) is 3.66. The molecule has 1 aliphatic rings. The molecule has 0 spiro atoms. The molecule has 2 rings (SSSR count). The number of rotatable bonds is 3. The fraction of sp³-hybridized carbons (Fsp3) is 0.833. The largest absolute Gasteiger partial charge is 0.389 e. The highest BCUT2D eigenvalue weighted by atomic mass is 19.3. The van der Waals surface area contributed by atoms with Crippen molar-refractivity contribution in [2.75, 3.05) is 0 Å². The van der Waals surface area contributed by atoms with Crippen molar-refractivity contribution in [1.29, 1.82) is 0 Å².